The first-order valence-corrected chi connectivity index (χ1v) is 6.37. The highest BCUT2D eigenvalue weighted by atomic mass is 19.1. The summed E-state index contributed by atoms with van der Waals surface area (Å²) in [5.74, 6) is 0.448. The van der Waals surface area contributed by atoms with Crippen LogP contribution in [0.2, 0.25) is 0 Å². The standard InChI is InChI=1S/C13H10FN7/c1-8-16-18-13-11-12(15-7-20(8)13)21(19-17-11)6-9-4-2-3-5-10(9)14/h2-5,7H,6H2,1H3. The largest absolute Gasteiger partial charge is 0.267 e. The molecule has 0 fully saturated rings. The van der Waals surface area contributed by atoms with Gasteiger partial charge in [0.1, 0.15) is 18.0 Å². The number of rotatable bonds is 2. The van der Waals surface area contributed by atoms with Crippen molar-refractivity contribution in [3.05, 3.63) is 47.8 Å². The van der Waals surface area contributed by atoms with Crippen LogP contribution < -0.4 is 0 Å². The van der Waals surface area contributed by atoms with Crippen LogP contribution in [0.5, 0.6) is 0 Å². The minimum absolute atomic E-state index is 0.263. The third-order valence-corrected chi connectivity index (χ3v) is 3.36. The summed E-state index contributed by atoms with van der Waals surface area (Å²) in [5, 5.41) is 16.2. The number of aromatic nitrogens is 7. The van der Waals surface area contributed by atoms with Crippen molar-refractivity contribution in [2.24, 2.45) is 0 Å². The molecular formula is C13H10FN7. The van der Waals surface area contributed by atoms with Gasteiger partial charge in [0.05, 0.1) is 6.54 Å². The molecule has 0 radical (unpaired) electrons. The van der Waals surface area contributed by atoms with Gasteiger partial charge >= 0.3 is 0 Å². The molecule has 0 saturated carbocycles. The van der Waals surface area contributed by atoms with Gasteiger partial charge in [-0.25, -0.2) is 14.1 Å². The van der Waals surface area contributed by atoms with Gasteiger partial charge in [0, 0.05) is 5.56 Å². The summed E-state index contributed by atoms with van der Waals surface area (Å²) in [4.78, 5) is 4.33. The van der Waals surface area contributed by atoms with Crippen molar-refractivity contribution >= 4 is 16.8 Å². The maximum Gasteiger partial charge on any atom is 0.193 e. The van der Waals surface area contributed by atoms with Gasteiger partial charge < -0.3 is 0 Å². The molecule has 0 saturated heterocycles. The molecule has 0 aliphatic carbocycles. The summed E-state index contributed by atoms with van der Waals surface area (Å²) in [6.45, 7) is 2.09. The van der Waals surface area contributed by atoms with Crippen LogP contribution in [0.15, 0.2) is 30.6 Å². The van der Waals surface area contributed by atoms with E-state index in [2.05, 4.69) is 25.5 Å². The number of benzene rings is 1. The van der Waals surface area contributed by atoms with Gasteiger partial charge in [-0.3, -0.25) is 4.40 Å². The minimum atomic E-state index is -0.277. The number of fused-ring (bicyclic) bond motifs is 3. The molecule has 0 unspecified atom stereocenters. The highest BCUT2D eigenvalue weighted by Crippen LogP contribution is 2.16. The van der Waals surface area contributed by atoms with E-state index in [4.69, 9.17) is 0 Å². The maximum atomic E-state index is 13.7. The van der Waals surface area contributed by atoms with Crippen LogP contribution in [-0.4, -0.2) is 34.6 Å². The monoisotopic (exact) mass is 283 g/mol. The second-order valence-corrected chi connectivity index (χ2v) is 4.70. The molecule has 3 aromatic heterocycles. The van der Waals surface area contributed by atoms with Crippen molar-refractivity contribution in [3.63, 3.8) is 0 Å². The molecule has 0 spiro atoms. The fourth-order valence-corrected chi connectivity index (χ4v) is 2.26. The number of aryl methyl sites for hydroxylation is 1. The Hall–Kier alpha value is -2.90. The van der Waals surface area contributed by atoms with Crippen LogP contribution in [0.1, 0.15) is 11.4 Å². The Morgan fingerprint density at radius 2 is 1.95 bits per heavy atom. The molecule has 4 aromatic rings. The molecule has 21 heavy (non-hydrogen) atoms. The fourth-order valence-electron chi connectivity index (χ4n) is 2.26. The SMILES string of the molecule is Cc1nnc2c3nnn(Cc4ccccc4F)c3ncn12. The summed E-state index contributed by atoms with van der Waals surface area (Å²) in [6, 6.07) is 6.56. The summed E-state index contributed by atoms with van der Waals surface area (Å²) in [7, 11) is 0. The van der Waals surface area contributed by atoms with E-state index in [0.717, 1.165) is 5.82 Å². The summed E-state index contributed by atoms with van der Waals surface area (Å²) >= 11 is 0. The van der Waals surface area contributed by atoms with Gasteiger partial charge in [-0.15, -0.1) is 15.3 Å². The smallest absolute Gasteiger partial charge is 0.193 e. The Morgan fingerprint density at radius 1 is 1.10 bits per heavy atom. The van der Waals surface area contributed by atoms with E-state index in [1.165, 1.54) is 6.07 Å². The second-order valence-electron chi connectivity index (χ2n) is 4.70. The van der Waals surface area contributed by atoms with Crippen LogP contribution in [-0.2, 0) is 6.54 Å². The van der Waals surface area contributed by atoms with E-state index in [1.54, 1.807) is 33.6 Å². The average Bonchev–Trinajstić information content (AvgIpc) is 3.06. The zero-order valence-electron chi connectivity index (χ0n) is 11.1. The normalized spacial score (nSPS) is 11.5. The van der Waals surface area contributed by atoms with Crippen LogP contribution in [0, 0.1) is 12.7 Å². The van der Waals surface area contributed by atoms with Crippen molar-refractivity contribution in [2.75, 3.05) is 0 Å². The summed E-state index contributed by atoms with van der Waals surface area (Å²) < 4.78 is 17.0. The highest BCUT2D eigenvalue weighted by Gasteiger charge is 2.14. The molecule has 0 aliphatic rings. The van der Waals surface area contributed by atoms with Gasteiger partial charge in [-0.2, -0.15) is 0 Å². The lowest BCUT2D eigenvalue weighted by atomic mass is 10.2. The van der Waals surface area contributed by atoms with Crippen molar-refractivity contribution in [1.29, 1.82) is 0 Å². The Bertz CT molecular complexity index is 956. The van der Waals surface area contributed by atoms with E-state index in [9.17, 15) is 4.39 Å². The van der Waals surface area contributed by atoms with E-state index < -0.39 is 0 Å². The Labute approximate surface area is 118 Å². The zero-order valence-corrected chi connectivity index (χ0v) is 11.1. The highest BCUT2D eigenvalue weighted by molar-refractivity contribution is 5.84. The van der Waals surface area contributed by atoms with Gasteiger partial charge in [0.25, 0.3) is 0 Å². The van der Waals surface area contributed by atoms with E-state index in [-0.39, 0.29) is 12.4 Å². The van der Waals surface area contributed by atoms with Crippen LogP contribution in [0.3, 0.4) is 0 Å². The quantitative estimate of drug-likeness (QED) is 0.555. The fraction of sp³-hybridized carbons (Fsp3) is 0.154. The third kappa shape index (κ3) is 1.76. The molecule has 0 aliphatic heterocycles. The Kier molecular flexibility index (Phi) is 2.44. The summed E-state index contributed by atoms with van der Waals surface area (Å²) in [5.41, 5.74) is 2.23. The average molecular weight is 283 g/mol. The molecule has 3 heterocycles. The number of nitrogens with zero attached hydrogens (tertiary/aromatic N) is 7. The molecule has 0 amide bonds. The van der Waals surface area contributed by atoms with Crippen molar-refractivity contribution < 1.29 is 4.39 Å². The predicted octanol–water partition coefficient (Wildman–Crippen LogP) is 1.36. The molecule has 0 N–H and O–H groups in total. The lowest BCUT2D eigenvalue weighted by molar-refractivity contribution is 0.582. The number of halogens is 1. The van der Waals surface area contributed by atoms with Gasteiger partial charge in [0.2, 0.25) is 0 Å². The van der Waals surface area contributed by atoms with Crippen LogP contribution in [0.25, 0.3) is 16.8 Å². The Balaban J connectivity index is 1.87. The maximum absolute atomic E-state index is 13.7. The number of hydrogen-bond acceptors (Lipinski definition) is 5. The van der Waals surface area contributed by atoms with Crippen LogP contribution in [0.4, 0.5) is 4.39 Å². The van der Waals surface area contributed by atoms with E-state index in [1.807, 2.05) is 6.92 Å². The molecule has 0 bridgehead atoms. The van der Waals surface area contributed by atoms with Gasteiger partial charge in [-0.1, -0.05) is 23.4 Å². The second kappa shape index (κ2) is 4.30. The van der Waals surface area contributed by atoms with E-state index >= 15 is 0 Å². The van der Waals surface area contributed by atoms with Crippen LogP contribution >= 0.6 is 0 Å². The van der Waals surface area contributed by atoms with Crippen molar-refractivity contribution in [3.8, 4) is 0 Å². The van der Waals surface area contributed by atoms with Gasteiger partial charge in [0.15, 0.2) is 16.8 Å². The lowest BCUT2D eigenvalue weighted by Gasteiger charge is -2.03. The Morgan fingerprint density at radius 3 is 2.81 bits per heavy atom. The molecule has 104 valence electrons. The first-order chi connectivity index (χ1) is 10.2. The number of hydrogen-bond donors (Lipinski definition) is 0. The molecule has 1 aromatic carbocycles. The minimum Gasteiger partial charge on any atom is -0.267 e. The topological polar surface area (TPSA) is 73.8 Å². The zero-order chi connectivity index (χ0) is 14.4. The molecule has 8 heteroatoms. The van der Waals surface area contributed by atoms with Gasteiger partial charge in [-0.05, 0) is 13.0 Å². The molecule has 0 atom stereocenters. The third-order valence-electron chi connectivity index (χ3n) is 3.36. The van der Waals surface area contributed by atoms with Crippen molar-refractivity contribution in [2.45, 2.75) is 13.5 Å². The first-order valence-electron chi connectivity index (χ1n) is 6.37. The molecule has 4 rings (SSSR count). The summed E-state index contributed by atoms with van der Waals surface area (Å²) in [6.07, 6.45) is 1.62. The van der Waals surface area contributed by atoms with Crippen molar-refractivity contribution in [1.82, 2.24) is 34.6 Å². The molecule has 7 nitrogen and oxygen atoms in total. The molecular weight excluding hydrogens is 273 g/mol. The predicted molar refractivity (Wildman–Crippen MR) is 72.1 cm³/mol. The lowest BCUT2D eigenvalue weighted by Crippen LogP contribution is -2.05. The van der Waals surface area contributed by atoms with E-state index in [0.29, 0.717) is 22.4 Å². The first kappa shape index (κ1) is 11.9.